The highest BCUT2D eigenvalue weighted by molar-refractivity contribution is 7.87. The fraction of sp³-hybridized carbons (Fsp3) is 0.200. The number of nitrogens with two attached hydrogens (primary N) is 1. The summed E-state index contributed by atoms with van der Waals surface area (Å²) in [6.45, 7) is -0.135. The van der Waals surface area contributed by atoms with Crippen molar-refractivity contribution in [1.29, 1.82) is 0 Å². The average molecular weight is 484 g/mol. The predicted molar refractivity (Wildman–Crippen MR) is 124 cm³/mol. The van der Waals surface area contributed by atoms with Gasteiger partial charge >= 0.3 is 22.1 Å². The number of carbonyl (C=O) groups excluding carboxylic acids is 2. The summed E-state index contributed by atoms with van der Waals surface area (Å²) in [7, 11) is -2.82. The lowest BCUT2D eigenvalue weighted by Gasteiger charge is -2.23. The number of hydrogen-bond donors (Lipinski definition) is 1. The molecular weight excluding hydrogens is 458 g/mol. The molecule has 0 spiro atoms. The Bertz CT molecular complexity index is 1200. The molecule has 2 atom stereocenters. The van der Waals surface area contributed by atoms with Gasteiger partial charge in [-0.3, -0.25) is 9.59 Å². The number of esters is 2. The molecule has 0 heterocycles. The quantitative estimate of drug-likeness (QED) is 0.345. The molecule has 0 bridgehead atoms. The highest BCUT2D eigenvalue weighted by Crippen LogP contribution is 2.30. The van der Waals surface area contributed by atoms with E-state index in [4.69, 9.17) is 19.4 Å². The molecule has 0 amide bonds. The lowest BCUT2D eigenvalue weighted by molar-refractivity contribution is -0.156. The summed E-state index contributed by atoms with van der Waals surface area (Å²) in [5.41, 5.74) is 6.99. The highest BCUT2D eigenvalue weighted by Gasteiger charge is 2.36. The lowest BCUT2D eigenvalue weighted by Crippen LogP contribution is -2.35. The summed E-state index contributed by atoms with van der Waals surface area (Å²) in [6, 6.07) is 22.6. The van der Waals surface area contributed by atoms with Crippen LogP contribution in [0.3, 0.4) is 0 Å². The van der Waals surface area contributed by atoms with Crippen molar-refractivity contribution in [3.05, 3.63) is 96.1 Å². The Kier molecular flexibility index (Phi) is 8.39. The number of ether oxygens (including phenoxy) is 2. The predicted octanol–water partition coefficient (Wildman–Crippen LogP) is 3.03. The molecule has 0 aromatic heterocycles. The van der Waals surface area contributed by atoms with Crippen LogP contribution < -0.4 is 9.92 Å². The number of carbonyl (C=O) groups is 2. The fourth-order valence-electron chi connectivity index (χ4n) is 3.36. The molecule has 0 saturated carbocycles. The van der Waals surface area contributed by atoms with E-state index in [1.807, 2.05) is 30.3 Å². The van der Waals surface area contributed by atoms with Crippen molar-refractivity contribution in [1.82, 2.24) is 0 Å². The third kappa shape index (κ3) is 6.21. The second-order valence-electron chi connectivity index (χ2n) is 7.36. The summed E-state index contributed by atoms with van der Waals surface area (Å²) in [6.07, 6.45) is 0. The molecule has 178 valence electrons. The van der Waals surface area contributed by atoms with E-state index in [1.165, 1.54) is 43.5 Å². The number of hydrogen-bond acceptors (Lipinski definition) is 8. The smallest absolute Gasteiger partial charge is 0.339 e. The Labute approximate surface area is 198 Å². The van der Waals surface area contributed by atoms with Crippen LogP contribution in [0.1, 0.15) is 17.0 Å². The van der Waals surface area contributed by atoms with Crippen LogP contribution in [-0.2, 0) is 35.8 Å². The van der Waals surface area contributed by atoms with Gasteiger partial charge in [-0.25, -0.2) is 0 Å². The molecule has 0 aliphatic rings. The zero-order valence-electron chi connectivity index (χ0n) is 18.5. The maximum Gasteiger partial charge on any atom is 0.339 e. The van der Waals surface area contributed by atoms with Crippen molar-refractivity contribution in [3.63, 3.8) is 0 Å². The molecule has 2 N–H and O–H groups in total. The van der Waals surface area contributed by atoms with Gasteiger partial charge in [0.05, 0.1) is 18.9 Å². The van der Waals surface area contributed by atoms with Gasteiger partial charge in [0.25, 0.3) is 0 Å². The Hall–Kier alpha value is -3.69. The van der Waals surface area contributed by atoms with Crippen LogP contribution >= 0.6 is 0 Å². The molecule has 34 heavy (non-hydrogen) atoms. The molecule has 9 heteroatoms. The van der Waals surface area contributed by atoms with Gasteiger partial charge in [-0.1, -0.05) is 60.7 Å². The summed E-state index contributed by atoms with van der Waals surface area (Å²) in [4.78, 5) is 25.4. The second-order valence-corrected chi connectivity index (χ2v) is 8.90. The SMILES string of the molecule is COC(=O)C(CN)C(C(=O)OCc1ccccc1)c1ccc(OS(=O)(=O)c2ccccc2)cc1. The Morgan fingerprint density at radius 3 is 2.00 bits per heavy atom. The molecule has 0 fully saturated rings. The van der Waals surface area contributed by atoms with Crippen molar-refractivity contribution in [2.45, 2.75) is 17.4 Å². The first kappa shape index (κ1) is 24.9. The van der Waals surface area contributed by atoms with Crippen LogP contribution in [0.5, 0.6) is 5.75 Å². The first-order valence-electron chi connectivity index (χ1n) is 10.4. The molecule has 0 saturated heterocycles. The minimum atomic E-state index is -4.03. The van der Waals surface area contributed by atoms with Crippen molar-refractivity contribution in [2.75, 3.05) is 13.7 Å². The van der Waals surface area contributed by atoms with Crippen LogP contribution in [-0.4, -0.2) is 34.0 Å². The van der Waals surface area contributed by atoms with E-state index < -0.39 is 33.9 Å². The van der Waals surface area contributed by atoms with Crippen LogP contribution in [0.25, 0.3) is 0 Å². The zero-order valence-corrected chi connectivity index (χ0v) is 19.3. The van der Waals surface area contributed by atoms with E-state index in [9.17, 15) is 18.0 Å². The first-order valence-corrected chi connectivity index (χ1v) is 11.8. The van der Waals surface area contributed by atoms with E-state index >= 15 is 0 Å². The Morgan fingerprint density at radius 1 is 0.853 bits per heavy atom. The summed E-state index contributed by atoms with van der Waals surface area (Å²) in [5.74, 6) is -3.31. The van der Waals surface area contributed by atoms with Crippen LogP contribution in [0.15, 0.2) is 89.8 Å². The molecule has 3 aromatic rings. The molecule has 0 radical (unpaired) electrons. The van der Waals surface area contributed by atoms with Crippen LogP contribution in [0, 0.1) is 5.92 Å². The monoisotopic (exact) mass is 483 g/mol. The average Bonchev–Trinajstić information content (AvgIpc) is 2.87. The van der Waals surface area contributed by atoms with E-state index in [1.54, 1.807) is 18.2 Å². The molecule has 3 aromatic carbocycles. The Morgan fingerprint density at radius 2 is 1.44 bits per heavy atom. The number of rotatable bonds is 10. The van der Waals surface area contributed by atoms with E-state index in [2.05, 4.69) is 0 Å². The van der Waals surface area contributed by atoms with E-state index in [0.29, 0.717) is 5.56 Å². The largest absolute Gasteiger partial charge is 0.469 e. The van der Waals surface area contributed by atoms with Gasteiger partial charge in [0.1, 0.15) is 17.3 Å². The van der Waals surface area contributed by atoms with Crippen molar-refractivity contribution >= 4 is 22.1 Å². The number of benzene rings is 3. The molecule has 8 nitrogen and oxygen atoms in total. The summed E-state index contributed by atoms with van der Waals surface area (Å²) >= 11 is 0. The van der Waals surface area contributed by atoms with E-state index in [0.717, 1.165) is 5.56 Å². The van der Waals surface area contributed by atoms with Crippen molar-refractivity contribution in [3.8, 4) is 5.75 Å². The summed E-state index contributed by atoms with van der Waals surface area (Å²) in [5, 5.41) is 0. The standard InChI is InChI=1S/C25H25NO7S/c1-31-24(27)22(16-26)23(25(28)32-17-18-8-4-2-5-9-18)19-12-14-20(15-13-19)33-34(29,30)21-10-6-3-7-11-21/h2-15,22-23H,16-17,26H2,1H3. The van der Waals surface area contributed by atoms with Crippen LogP contribution in [0.4, 0.5) is 0 Å². The van der Waals surface area contributed by atoms with Gasteiger partial charge in [-0.05, 0) is 35.4 Å². The topological polar surface area (TPSA) is 122 Å². The lowest BCUT2D eigenvalue weighted by atomic mass is 9.86. The minimum absolute atomic E-state index is 0.00956. The van der Waals surface area contributed by atoms with Gasteiger partial charge in [0.2, 0.25) is 0 Å². The minimum Gasteiger partial charge on any atom is -0.469 e. The molecule has 2 unspecified atom stereocenters. The van der Waals surface area contributed by atoms with Crippen molar-refractivity contribution in [2.24, 2.45) is 11.7 Å². The third-order valence-electron chi connectivity index (χ3n) is 5.12. The zero-order chi connectivity index (χ0) is 24.6. The maximum atomic E-state index is 13.0. The van der Waals surface area contributed by atoms with Crippen LogP contribution in [0.2, 0.25) is 0 Å². The van der Waals surface area contributed by atoms with Gasteiger partial charge < -0.3 is 19.4 Å². The fourth-order valence-corrected chi connectivity index (χ4v) is 4.31. The van der Waals surface area contributed by atoms with Crippen molar-refractivity contribution < 1.29 is 31.7 Å². The molecule has 3 rings (SSSR count). The molecule has 0 aliphatic carbocycles. The normalized spacial score (nSPS) is 12.9. The van der Waals surface area contributed by atoms with Gasteiger partial charge in [0, 0.05) is 6.54 Å². The van der Waals surface area contributed by atoms with E-state index in [-0.39, 0.29) is 23.8 Å². The molecular formula is C25H25NO7S. The second kappa shape index (κ2) is 11.4. The molecule has 0 aliphatic heterocycles. The highest BCUT2D eigenvalue weighted by atomic mass is 32.2. The Balaban J connectivity index is 1.83. The third-order valence-corrected chi connectivity index (χ3v) is 6.38. The first-order chi connectivity index (χ1) is 16.4. The number of methoxy groups -OCH3 is 1. The maximum absolute atomic E-state index is 13.0. The van der Waals surface area contributed by atoms with Gasteiger partial charge in [-0.2, -0.15) is 8.42 Å². The van der Waals surface area contributed by atoms with Gasteiger partial charge in [-0.15, -0.1) is 0 Å². The summed E-state index contributed by atoms with van der Waals surface area (Å²) < 4.78 is 40.4. The van der Waals surface area contributed by atoms with Gasteiger partial charge in [0.15, 0.2) is 0 Å².